The summed E-state index contributed by atoms with van der Waals surface area (Å²) in [6.07, 6.45) is 3.83. The van der Waals surface area contributed by atoms with Crippen LogP contribution in [0.2, 0.25) is 0 Å². The average Bonchev–Trinajstić information content (AvgIpc) is 2.73. The van der Waals surface area contributed by atoms with Gasteiger partial charge in [-0.05, 0) is 55.5 Å². The summed E-state index contributed by atoms with van der Waals surface area (Å²) in [6, 6.07) is 15.7. The quantitative estimate of drug-likeness (QED) is 0.482. The molecule has 1 saturated heterocycles. The van der Waals surface area contributed by atoms with Gasteiger partial charge in [0, 0.05) is 18.7 Å². The Hall–Kier alpha value is -2.82. The Morgan fingerprint density at radius 2 is 1.70 bits per heavy atom. The summed E-state index contributed by atoms with van der Waals surface area (Å²) >= 11 is 0. The summed E-state index contributed by atoms with van der Waals surface area (Å²) in [5.41, 5.74) is 1.15. The van der Waals surface area contributed by atoms with E-state index in [4.69, 9.17) is 4.74 Å². The minimum atomic E-state index is -0.883. The number of phenolic OH excluding ortho intramolecular Hbond substituents is 1. The van der Waals surface area contributed by atoms with Crippen LogP contribution in [0.15, 0.2) is 54.6 Å². The lowest BCUT2D eigenvalue weighted by Crippen LogP contribution is -2.57. The van der Waals surface area contributed by atoms with Crippen LogP contribution >= 0.6 is 0 Å². The highest BCUT2D eigenvalue weighted by molar-refractivity contribution is 6.08. The van der Waals surface area contributed by atoms with Crippen LogP contribution in [0.5, 0.6) is 5.75 Å². The molecular formula is C25H31NO4. The van der Waals surface area contributed by atoms with E-state index >= 15 is 0 Å². The predicted octanol–water partition coefficient (Wildman–Crippen LogP) is 4.66. The SMILES string of the molecule is CCCN(c1ccccc1)C1C(=O)CC(CCC)(CCc2ccc(O)cc2)OC1=O. The number of anilines is 1. The number of ether oxygens (including phenoxy) is 1. The molecule has 2 aromatic rings. The molecular weight excluding hydrogens is 378 g/mol. The van der Waals surface area contributed by atoms with E-state index in [0.717, 1.165) is 24.1 Å². The second-order valence-electron chi connectivity index (χ2n) is 8.10. The number of nitrogens with zero attached hydrogens (tertiary/aromatic N) is 1. The van der Waals surface area contributed by atoms with Gasteiger partial charge in [-0.15, -0.1) is 0 Å². The van der Waals surface area contributed by atoms with Crippen LogP contribution in [0.4, 0.5) is 5.69 Å². The second kappa shape index (κ2) is 9.79. The van der Waals surface area contributed by atoms with E-state index in [1.807, 2.05) is 61.2 Å². The number of phenols is 1. The Balaban J connectivity index is 1.79. The van der Waals surface area contributed by atoms with Crippen LogP contribution in [0, 0.1) is 0 Å². The third kappa shape index (κ3) is 5.02. The monoisotopic (exact) mass is 409 g/mol. The maximum Gasteiger partial charge on any atom is 0.337 e. The lowest BCUT2D eigenvalue weighted by Gasteiger charge is -2.42. The lowest BCUT2D eigenvalue weighted by atomic mass is 9.82. The molecule has 1 fully saturated rings. The van der Waals surface area contributed by atoms with Crippen LogP contribution in [0.1, 0.15) is 51.5 Å². The summed E-state index contributed by atoms with van der Waals surface area (Å²) in [5, 5.41) is 9.48. The molecule has 1 aliphatic heterocycles. The molecule has 30 heavy (non-hydrogen) atoms. The normalized spacial score (nSPS) is 21.3. The molecule has 2 atom stereocenters. The molecule has 2 aromatic carbocycles. The maximum atomic E-state index is 13.3. The maximum absolute atomic E-state index is 13.3. The van der Waals surface area contributed by atoms with E-state index in [2.05, 4.69) is 0 Å². The molecule has 0 aromatic heterocycles. The Bertz CT molecular complexity index is 829. The number of Topliss-reactive ketones (excluding diaryl/α,β-unsaturated/α-hetero) is 1. The van der Waals surface area contributed by atoms with Gasteiger partial charge in [0.25, 0.3) is 0 Å². The summed E-state index contributed by atoms with van der Waals surface area (Å²) in [5.74, 6) is -0.286. The van der Waals surface area contributed by atoms with Gasteiger partial charge >= 0.3 is 5.97 Å². The highest BCUT2D eigenvalue weighted by Gasteiger charge is 2.48. The van der Waals surface area contributed by atoms with Gasteiger partial charge in [-0.25, -0.2) is 4.79 Å². The largest absolute Gasteiger partial charge is 0.508 e. The number of para-hydroxylation sites is 1. The number of cyclic esters (lactones) is 1. The van der Waals surface area contributed by atoms with Crippen LogP contribution in [-0.4, -0.2) is 35.0 Å². The molecule has 0 saturated carbocycles. The van der Waals surface area contributed by atoms with Gasteiger partial charge in [0.05, 0.1) is 0 Å². The van der Waals surface area contributed by atoms with Crippen LogP contribution in [0.3, 0.4) is 0 Å². The molecule has 1 aliphatic rings. The van der Waals surface area contributed by atoms with Crippen LogP contribution in [-0.2, 0) is 20.7 Å². The number of hydrogen-bond acceptors (Lipinski definition) is 5. The van der Waals surface area contributed by atoms with Crippen molar-refractivity contribution in [2.24, 2.45) is 0 Å². The minimum Gasteiger partial charge on any atom is -0.508 e. The molecule has 160 valence electrons. The van der Waals surface area contributed by atoms with Crippen molar-refractivity contribution in [3.05, 3.63) is 60.2 Å². The lowest BCUT2D eigenvalue weighted by molar-refractivity contribution is -0.174. The van der Waals surface area contributed by atoms with E-state index in [9.17, 15) is 14.7 Å². The Morgan fingerprint density at radius 1 is 1.00 bits per heavy atom. The fraction of sp³-hybridized carbons (Fsp3) is 0.440. The zero-order valence-corrected chi connectivity index (χ0v) is 17.8. The summed E-state index contributed by atoms with van der Waals surface area (Å²) in [7, 11) is 0. The fourth-order valence-corrected chi connectivity index (χ4v) is 4.31. The van der Waals surface area contributed by atoms with Crippen molar-refractivity contribution in [2.45, 2.75) is 64.0 Å². The first-order valence-corrected chi connectivity index (χ1v) is 10.8. The molecule has 0 amide bonds. The highest BCUT2D eigenvalue weighted by atomic mass is 16.6. The zero-order valence-electron chi connectivity index (χ0n) is 17.8. The predicted molar refractivity (Wildman–Crippen MR) is 118 cm³/mol. The standard InChI is InChI=1S/C25H31NO4/c1-3-15-25(16-14-19-10-12-21(27)13-11-19)18-22(28)23(24(29)30-25)26(17-4-2)20-8-6-5-7-9-20/h5-13,23,27H,3-4,14-18H2,1-2H3. The van der Waals surface area contributed by atoms with Crippen molar-refractivity contribution >= 4 is 17.4 Å². The Morgan fingerprint density at radius 3 is 2.30 bits per heavy atom. The van der Waals surface area contributed by atoms with Crippen molar-refractivity contribution in [3.63, 3.8) is 0 Å². The third-order valence-electron chi connectivity index (χ3n) is 5.72. The van der Waals surface area contributed by atoms with Crippen molar-refractivity contribution in [1.82, 2.24) is 0 Å². The first kappa shape index (κ1) is 21.9. The van der Waals surface area contributed by atoms with Gasteiger partial charge < -0.3 is 14.7 Å². The summed E-state index contributed by atoms with van der Waals surface area (Å²) in [4.78, 5) is 28.3. The number of hydrogen-bond donors (Lipinski definition) is 1. The molecule has 1 heterocycles. The topological polar surface area (TPSA) is 66.8 Å². The molecule has 3 rings (SSSR count). The molecule has 0 aliphatic carbocycles. The average molecular weight is 410 g/mol. The van der Waals surface area contributed by atoms with Gasteiger partial charge in [-0.3, -0.25) is 4.79 Å². The van der Waals surface area contributed by atoms with E-state index in [-0.39, 0.29) is 18.0 Å². The van der Waals surface area contributed by atoms with E-state index in [1.165, 1.54) is 0 Å². The van der Waals surface area contributed by atoms with E-state index in [1.54, 1.807) is 12.1 Å². The van der Waals surface area contributed by atoms with Gasteiger partial charge in [-0.1, -0.05) is 50.6 Å². The number of esters is 1. The van der Waals surface area contributed by atoms with Crippen LogP contribution < -0.4 is 4.90 Å². The fourth-order valence-electron chi connectivity index (χ4n) is 4.31. The smallest absolute Gasteiger partial charge is 0.337 e. The van der Waals surface area contributed by atoms with Crippen molar-refractivity contribution in [1.29, 1.82) is 0 Å². The number of carbonyl (C=O) groups excluding carboxylic acids is 2. The van der Waals surface area contributed by atoms with Gasteiger partial charge in [-0.2, -0.15) is 0 Å². The molecule has 0 radical (unpaired) electrons. The molecule has 2 unspecified atom stereocenters. The van der Waals surface area contributed by atoms with Gasteiger partial charge in [0.15, 0.2) is 11.8 Å². The van der Waals surface area contributed by atoms with Crippen molar-refractivity contribution in [2.75, 3.05) is 11.4 Å². The van der Waals surface area contributed by atoms with Crippen LogP contribution in [0.25, 0.3) is 0 Å². The molecule has 5 nitrogen and oxygen atoms in total. The Labute approximate surface area is 178 Å². The first-order chi connectivity index (χ1) is 14.5. The van der Waals surface area contributed by atoms with E-state index in [0.29, 0.717) is 25.8 Å². The number of ketones is 1. The van der Waals surface area contributed by atoms with Crippen molar-refractivity contribution in [3.8, 4) is 5.75 Å². The summed E-state index contributed by atoms with van der Waals surface area (Å²) in [6.45, 7) is 4.69. The van der Waals surface area contributed by atoms with E-state index < -0.39 is 17.6 Å². The zero-order chi connectivity index (χ0) is 21.6. The summed E-state index contributed by atoms with van der Waals surface area (Å²) < 4.78 is 6.04. The number of aromatic hydroxyl groups is 1. The Kier molecular flexibility index (Phi) is 7.14. The second-order valence-corrected chi connectivity index (χ2v) is 8.10. The van der Waals surface area contributed by atoms with Gasteiger partial charge in [0.2, 0.25) is 0 Å². The molecule has 1 N–H and O–H groups in total. The van der Waals surface area contributed by atoms with Gasteiger partial charge in [0.1, 0.15) is 11.4 Å². The number of carbonyl (C=O) groups is 2. The molecule has 0 bridgehead atoms. The highest BCUT2D eigenvalue weighted by Crippen LogP contribution is 2.35. The third-order valence-corrected chi connectivity index (χ3v) is 5.72. The molecule has 5 heteroatoms. The number of benzene rings is 2. The minimum absolute atomic E-state index is 0.0669. The molecule has 0 spiro atoms. The first-order valence-electron chi connectivity index (χ1n) is 10.8. The number of aryl methyl sites for hydroxylation is 1. The van der Waals surface area contributed by atoms with Crippen molar-refractivity contribution < 1.29 is 19.4 Å². The number of rotatable bonds is 9.